The minimum Gasteiger partial charge on any atom is -0.491 e. The number of para-hydroxylation sites is 1. The first kappa shape index (κ1) is 20.8. The van der Waals surface area contributed by atoms with Crippen molar-refractivity contribution in [3.63, 3.8) is 0 Å². The number of rotatable bonds is 4. The van der Waals surface area contributed by atoms with Gasteiger partial charge in [-0.1, -0.05) is 48.5 Å². The maximum absolute atomic E-state index is 14.5. The van der Waals surface area contributed by atoms with Crippen LogP contribution in [0.15, 0.2) is 83.9 Å². The average Bonchev–Trinajstić information content (AvgIpc) is 2.73. The van der Waals surface area contributed by atoms with E-state index in [1.54, 1.807) is 42.5 Å². The molecule has 0 bridgehead atoms. The quantitative estimate of drug-likeness (QED) is 0.545. The van der Waals surface area contributed by atoms with E-state index in [9.17, 15) is 13.2 Å². The fourth-order valence-corrected chi connectivity index (χ4v) is 3.35. The maximum Gasteiger partial charge on any atom is 0.455 e. The summed E-state index contributed by atoms with van der Waals surface area (Å²) in [6.07, 6.45) is -4.95. The molecule has 7 heteroatoms. The summed E-state index contributed by atoms with van der Waals surface area (Å²) in [6.45, 7) is 3.68. The molecule has 0 radical (unpaired) electrons. The Bertz CT molecular complexity index is 1080. The summed E-state index contributed by atoms with van der Waals surface area (Å²) in [4.78, 5) is 4.10. The number of hydrogen-bond donors (Lipinski definition) is 1. The number of aliphatic imine (C=N–C) groups is 1. The SMILES string of the molecule is CC(C)Oc1ccc2c(c1)OC(c1ccccc1)(C(F)(F)F)N=C2Nc1ccccc1. The van der Waals surface area contributed by atoms with E-state index in [1.807, 2.05) is 19.9 Å². The van der Waals surface area contributed by atoms with Gasteiger partial charge in [0.25, 0.3) is 0 Å². The first-order valence-electron chi connectivity index (χ1n) is 9.83. The molecule has 1 aliphatic rings. The molecular weight excluding hydrogens is 405 g/mol. The van der Waals surface area contributed by atoms with Crippen molar-refractivity contribution in [2.75, 3.05) is 5.32 Å². The average molecular weight is 426 g/mol. The van der Waals surface area contributed by atoms with Crippen LogP contribution < -0.4 is 14.8 Å². The van der Waals surface area contributed by atoms with E-state index in [0.29, 0.717) is 17.0 Å². The van der Waals surface area contributed by atoms with Gasteiger partial charge in [0, 0.05) is 17.3 Å². The Kier molecular flexibility index (Phi) is 5.35. The van der Waals surface area contributed by atoms with Crippen molar-refractivity contribution < 1.29 is 22.6 Å². The standard InChI is InChI=1S/C24H21F3N2O2/c1-16(2)30-19-13-14-20-21(15-19)31-23(24(25,26)27,17-9-5-3-6-10-17)29-22(20)28-18-11-7-4-8-12-18/h3-16H,1-2H3,(H,28,29). The highest BCUT2D eigenvalue weighted by Crippen LogP contribution is 2.48. The van der Waals surface area contributed by atoms with Crippen molar-refractivity contribution in [2.24, 2.45) is 4.99 Å². The van der Waals surface area contributed by atoms with Crippen LogP contribution >= 0.6 is 0 Å². The van der Waals surface area contributed by atoms with Crippen molar-refractivity contribution in [3.05, 3.63) is 90.0 Å². The Morgan fingerprint density at radius 3 is 2.19 bits per heavy atom. The van der Waals surface area contributed by atoms with Gasteiger partial charge in [-0.3, -0.25) is 0 Å². The van der Waals surface area contributed by atoms with Crippen LogP contribution in [0.3, 0.4) is 0 Å². The molecule has 0 saturated heterocycles. The lowest BCUT2D eigenvalue weighted by atomic mass is 9.99. The Hall–Kier alpha value is -3.48. The predicted octanol–water partition coefficient (Wildman–Crippen LogP) is 6.14. The molecule has 3 aromatic rings. The molecule has 31 heavy (non-hydrogen) atoms. The summed E-state index contributed by atoms with van der Waals surface area (Å²) < 4.78 is 54.8. The van der Waals surface area contributed by atoms with Gasteiger partial charge in [-0.05, 0) is 38.1 Å². The van der Waals surface area contributed by atoms with Gasteiger partial charge in [0.2, 0.25) is 0 Å². The smallest absolute Gasteiger partial charge is 0.455 e. The normalized spacial score (nSPS) is 18.1. The third-order valence-corrected chi connectivity index (χ3v) is 4.69. The molecule has 4 nitrogen and oxygen atoms in total. The van der Waals surface area contributed by atoms with Gasteiger partial charge in [-0.25, -0.2) is 4.99 Å². The molecule has 0 fully saturated rings. The molecule has 1 atom stereocenters. The summed E-state index contributed by atoms with van der Waals surface area (Å²) in [5, 5.41) is 3.02. The van der Waals surface area contributed by atoms with Crippen molar-refractivity contribution >= 4 is 11.5 Å². The zero-order chi connectivity index (χ0) is 22.1. The second-order valence-corrected chi connectivity index (χ2v) is 7.39. The van der Waals surface area contributed by atoms with E-state index in [2.05, 4.69) is 10.3 Å². The van der Waals surface area contributed by atoms with Gasteiger partial charge in [0.05, 0.1) is 11.7 Å². The number of alkyl halides is 3. The van der Waals surface area contributed by atoms with Crippen LogP contribution in [0.1, 0.15) is 25.0 Å². The van der Waals surface area contributed by atoms with Crippen molar-refractivity contribution in [2.45, 2.75) is 31.9 Å². The fourth-order valence-electron chi connectivity index (χ4n) is 3.35. The first-order valence-corrected chi connectivity index (χ1v) is 9.83. The van der Waals surface area contributed by atoms with Crippen LogP contribution in [0, 0.1) is 0 Å². The van der Waals surface area contributed by atoms with Crippen LogP contribution in [0.4, 0.5) is 18.9 Å². The number of nitrogens with zero attached hydrogens (tertiary/aromatic N) is 1. The van der Waals surface area contributed by atoms with E-state index in [4.69, 9.17) is 9.47 Å². The van der Waals surface area contributed by atoms with Crippen LogP contribution in [-0.4, -0.2) is 18.1 Å². The molecule has 0 spiro atoms. The van der Waals surface area contributed by atoms with Gasteiger partial charge in [-0.15, -0.1) is 0 Å². The second kappa shape index (κ2) is 7.98. The third-order valence-electron chi connectivity index (χ3n) is 4.69. The van der Waals surface area contributed by atoms with E-state index in [1.165, 1.54) is 30.3 Å². The van der Waals surface area contributed by atoms with E-state index in [0.717, 1.165) is 0 Å². The van der Waals surface area contributed by atoms with Crippen molar-refractivity contribution in [1.82, 2.24) is 0 Å². The van der Waals surface area contributed by atoms with Gasteiger partial charge in [-0.2, -0.15) is 13.2 Å². The minimum atomic E-state index is -4.81. The molecule has 0 aromatic heterocycles. The molecule has 4 rings (SSSR count). The molecule has 0 amide bonds. The molecule has 1 heterocycles. The summed E-state index contributed by atoms with van der Waals surface area (Å²) in [5.74, 6) is 0.510. The number of nitrogens with one attached hydrogen (secondary N) is 1. The number of hydrogen-bond acceptors (Lipinski definition) is 4. The molecule has 1 N–H and O–H groups in total. The summed E-state index contributed by atoms with van der Waals surface area (Å²) in [7, 11) is 0. The number of fused-ring (bicyclic) bond motifs is 1. The fraction of sp³-hybridized carbons (Fsp3) is 0.208. The Balaban J connectivity index is 1.90. The highest BCUT2D eigenvalue weighted by atomic mass is 19.4. The molecule has 3 aromatic carbocycles. The number of anilines is 1. The monoisotopic (exact) mass is 426 g/mol. The Morgan fingerprint density at radius 1 is 0.935 bits per heavy atom. The summed E-state index contributed by atoms with van der Waals surface area (Å²) in [5.41, 5.74) is -1.98. The molecule has 160 valence electrons. The highest BCUT2D eigenvalue weighted by molar-refractivity contribution is 6.11. The van der Waals surface area contributed by atoms with Crippen molar-refractivity contribution in [1.29, 1.82) is 0 Å². The number of halogens is 3. The largest absolute Gasteiger partial charge is 0.491 e. The van der Waals surface area contributed by atoms with Gasteiger partial charge in [0.15, 0.2) is 0 Å². The molecule has 0 saturated carbocycles. The number of benzene rings is 3. The minimum absolute atomic E-state index is 0.0350. The Morgan fingerprint density at radius 2 is 1.58 bits per heavy atom. The Labute approximate surface area is 178 Å². The topological polar surface area (TPSA) is 42.9 Å². The lowest BCUT2D eigenvalue weighted by Crippen LogP contribution is -2.49. The highest BCUT2D eigenvalue weighted by Gasteiger charge is 2.61. The third kappa shape index (κ3) is 4.08. The van der Waals surface area contributed by atoms with Crippen molar-refractivity contribution in [3.8, 4) is 11.5 Å². The van der Waals surface area contributed by atoms with Gasteiger partial charge in [0.1, 0.15) is 17.3 Å². The van der Waals surface area contributed by atoms with E-state index >= 15 is 0 Å². The van der Waals surface area contributed by atoms with Gasteiger partial charge < -0.3 is 14.8 Å². The van der Waals surface area contributed by atoms with Crippen LogP contribution in [0.5, 0.6) is 11.5 Å². The number of ether oxygens (including phenoxy) is 2. The summed E-state index contributed by atoms with van der Waals surface area (Å²) >= 11 is 0. The lowest BCUT2D eigenvalue weighted by molar-refractivity contribution is -0.252. The zero-order valence-corrected chi connectivity index (χ0v) is 17.0. The van der Waals surface area contributed by atoms with E-state index < -0.39 is 11.9 Å². The molecular formula is C24H21F3N2O2. The maximum atomic E-state index is 14.5. The number of amidine groups is 1. The van der Waals surface area contributed by atoms with E-state index in [-0.39, 0.29) is 23.3 Å². The lowest BCUT2D eigenvalue weighted by Gasteiger charge is -2.37. The molecule has 1 unspecified atom stereocenters. The molecule has 0 aliphatic carbocycles. The van der Waals surface area contributed by atoms with Crippen LogP contribution in [0.25, 0.3) is 0 Å². The van der Waals surface area contributed by atoms with Crippen LogP contribution in [0.2, 0.25) is 0 Å². The molecule has 1 aliphatic heterocycles. The van der Waals surface area contributed by atoms with Gasteiger partial charge >= 0.3 is 11.9 Å². The predicted molar refractivity (Wildman–Crippen MR) is 114 cm³/mol. The second-order valence-electron chi connectivity index (χ2n) is 7.39. The first-order chi connectivity index (χ1) is 14.8. The zero-order valence-electron chi connectivity index (χ0n) is 17.0. The summed E-state index contributed by atoms with van der Waals surface area (Å²) in [6, 6.07) is 21.1. The van der Waals surface area contributed by atoms with Crippen LogP contribution in [-0.2, 0) is 5.72 Å².